The zero-order valence-electron chi connectivity index (χ0n) is 21.4. The van der Waals surface area contributed by atoms with Crippen LogP contribution in [0.2, 0.25) is 0 Å². The maximum Gasteiger partial charge on any atom is 0.343 e. The Labute approximate surface area is 219 Å². The molecule has 37 heavy (non-hydrogen) atoms. The summed E-state index contributed by atoms with van der Waals surface area (Å²) in [6.45, 7) is 2.92. The Kier molecular flexibility index (Phi) is 11.4. The number of unbranched alkanes of at least 4 members (excludes halogenated alkanes) is 7. The number of aromatic carboxylic acids is 1. The zero-order valence-corrected chi connectivity index (χ0v) is 21.4. The van der Waals surface area contributed by atoms with Crippen LogP contribution < -0.4 is 9.47 Å². The molecule has 1 N–H and O–H groups in total. The van der Waals surface area contributed by atoms with Crippen molar-refractivity contribution >= 4 is 23.8 Å². The van der Waals surface area contributed by atoms with E-state index in [0.29, 0.717) is 23.6 Å². The van der Waals surface area contributed by atoms with E-state index in [2.05, 4.69) is 11.9 Å². The number of carboxylic acids is 1. The first-order chi connectivity index (χ1) is 18.0. The number of aliphatic imine (C=N–C) groups is 1. The molecule has 0 aliphatic carbocycles. The van der Waals surface area contributed by atoms with Gasteiger partial charge in [-0.25, -0.2) is 9.59 Å². The third-order valence-electron chi connectivity index (χ3n) is 5.92. The van der Waals surface area contributed by atoms with Crippen LogP contribution in [-0.2, 0) is 0 Å². The second-order valence-electron chi connectivity index (χ2n) is 8.92. The van der Waals surface area contributed by atoms with Gasteiger partial charge in [0.15, 0.2) is 0 Å². The Bertz CT molecular complexity index is 1140. The van der Waals surface area contributed by atoms with Crippen molar-refractivity contribution in [2.45, 2.75) is 58.3 Å². The number of hydrogen-bond donors (Lipinski definition) is 1. The predicted molar refractivity (Wildman–Crippen MR) is 147 cm³/mol. The maximum atomic E-state index is 12.5. The normalized spacial score (nSPS) is 10.9. The molecule has 0 fully saturated rings. The Hall–Kier alpha value is -3.93. The summed E-state index contributed by atoms with van der Waals surface area (Å²) in [6.07, 6.45) is 11.7. The topological polar surface area (TPSA) is 85.2 Å². The number of rotatable bonds is 15. The average molecular weight is 502 g/mol. The molecule has 0 bridgehead atoms. The van der Waals surface area contributed by atoms with Crippen molar-refractivity contribution < 1.29 is 24.2 Å². The molecule has 0 radical (unpaired) electrons. The van der Waals surface area contributed by atoms with E-state index in [1.165, 1.54) is 57.1 Å². The highest BCUT2D eigenvalue weighted by Crippen LogP contribution is 2.20. The second-order valence-corrected chi connectivity index (χ2v) is 8.92. The average Bonchev–Trinajstić information content (AvgIpc) is 2.92. The van der Waals surface area contributed by atoms with E-state index in [-0.39, 0.29) is 5.56 Å². The molecule has 0 amide bonds. The van der Waals surface area contributed by atoms with E-state index in [9.17, 15) is 9.59 Å². The fourth-order valence-electron chi connectivity index (χ4n) is 3.74. The molecular formula is C31H35NO5. The van der Waals surface area contributed by atoms with Crippen molar-refractivity contribution in [3.8, 4) is 11.5 Å². The molecular weight excluding hydrogens is 466 g/mol. The van der Waals surface area contributed by atoms with Crippen molar-refractivity contribution in [1.82, 2.24) is 0 Å². The molecule has 0 heterocycles. The van der Waals surface area contributed by atoms with E-state index in [1.807, 2.05) is 0 Å². The van der Waals surface area contributed by atoms with Gasteiger partial charge in [-0.05, 0) is 72.6 Å². The lowest BCUT2D eigenvalue weighted by atomic mass is 10.1. The smallest absolute Gasteiger partial charge is 0.343 e. The third-order valence-corrected chi connectivity index (χ3v) is 5.92. The molecule has 194 valence electrons. The predicted octanol–water partition coefficient (Wildman–Crippen LogP) is 7.87. The zero-order chi connectivity index (χ0) is 26.3. The highest BCUT2D eigenvalue weighted by Gasteiger charge is 2.09. The summed E-state index contributed by atoms with van der Waals surface area (Å²) in [6, 6.07) is 20.3. The van der Waals surface area contributed by atoms with Crippen molar-refractivity contribution in [1.29, 1.82) is 0 Å². The minimum absolute atomic E-state index is 0.226. The van der Waals surface area contributed by atoms with Gasteiger partial charge in [-0.2, -0.15) is 0 Å². The quantitative estimate of drug-likeness (QED) is 0.0991. The summed E-state index contributed by atoms with van der Waals surface area (Å²) >= 11 is 0. The van der Waals surface area contributed by atoms with Crippen molar-refractivity contribution in [2.75, 3.05) is 6.61 Å². The lowest BCUT2D eigenvalue weighted by Crippen LogP contribution is -2.08. The number of carboxylic acid groups (broad SMARTS) is 1. The summed E-state index contributed by atoms with van der Waals surface area (Å²) in [7, 11) is 0. The summed E-state index contributed by atoms with van der Waals surface area (Å²) in [5.41, 5.74) is 2.14. The van der Waals surface area contributed by atoms with Gasteiger partial charge >= 0.3 is 11.9 Å². The van der Waals surface area contributed by atoms with E-state index >= 15 is 0 Å². The van der Waals surface area contributed by atoms with Gasteiger partial charge in [0.2, 0.25) is 0 Å². The molecule has 0 saturated carbocycles. The largest absolute Gasteiger partial charge is 0.494 e. The molecule has 0 aliphatic rings. The van der Waals surface area contributed by atoms with Crippen LogP contribution in [-0.4, -0.2) is 29.9 Å². The van der Waals surface area contributed by atoms with Crippen LogP contribution in [0, 0.1) is 0 Å². The highest BCUT2D eigenvalue weighted by molar-refractivity contribution is 5.91. The summed E-state index contributed by atoms with van der Waals surface area (Å²) in [5.74, 6) is -0.236. The van der Waals surface area contributed by atoms with E-state index in [4.69, 9.17) is 14.6 Å². The van der Waals surface area contributed by atoms with Crippen LogP contribution in [0.5, 0.6) is 11.5 Å². The van der Waals surface area contributed by atoms with E-state index in [0.717, 1.165) is 17.7 Å². The third kappa shape index (κ3) is 9.92. The molecule has 6 nitrogen and oxygen atoms in total. The number of ether oxygens (including phenoxy) is 2. The summed E-state index contributed by atoms with van der Waals surface area (Å²) in [5, 5.41) is 8.96. The van der Waals surface area contributed by atoms with Gasteiger partial charge in [0, 0.05) is 6.21 Å². The first-order valence-corrected chi connectivity index (χ1v) is 13.0. The van der Waals surface area contributed by atoms with Crippen LogP contribution in [0.1, 0.15) is 84.6 Å². The molecule has 0 atom stereocenters. The summed E-state index contributed by atoms with van der Waals surface area (Å²) in [4.78, 5) is 27.8. The minimum Gasteiger partial charge on any atom is -0.494 e. The van der Waals surface area contributed by atoms with Gasteiger partial charge in [-0.1, -0.05) is 64.0 Å². The van der Waals surface area contributed by atoms with Crippen molar-refractivity contribution in [2.24, 2.45) is 4.99 Å². The molecule has 3 rings (SSSR count). The molecule has 0 aliphatic heterocycles. The molecule has 3 aromatic rings. The number of esters is 1. The van der Waals surface area contributed by atoms with Crippen molar-refractivity contribution in [3.05, 3.63) is 89.5 Å². The van der Waals surface area contributed by atoms with Crippen LogP contribution in [0.3, 0.4) is 0 Å². The first-order valence-electron chi connectivity index (χ1n) is 13.0. The van der Waals surface area contributed by atoms with Gasteiger partial charge in [-0.3, -0.25) is 4.99 Å². The minimum atomic E-state index is -0.966. The fraction of sp³-hybridized carbons (Fsp3) is 0.323. The standard InChI is InChI=1S/C31H35NO5/c1-2-3-4-5-6-7-8-9-22-36-28-18-14-26(15-19-28)31(35)37-29-20-16-27(17-21-29)32-23-24-10-12-25(13-11-24)30(33)34/h10-21,23H,2-9,22H2,1H3,(H,33,34). The lowest BCUT2D eigenvalue weighted by Gasteiger charge is -2.08. The molecule has 6 heteroatoms. The number of benzene rings is 3. The Balaban J connectivity index is 1.39. The number of hydrogen-bond acceptors (Lipinski definition) is 5. The highest BCUT2D eigenvalue weighted by atomic mass is 16.5. The van der Waals surface area contributed by atoms with Crippen LogP contribution >= 0.6 is 0 Å². The molecule has 3 aromatic carbocycles. The number of nitrogens with zero attached hydrogens (tertiary/aromatic N) is 1. The molecule has 0 spiro atoms. The first kappa shape index (κ1) is 27.7. The van der Waals surface area contributed by atoms with Gasteiger partial charge < -0.3 is 14.6 Å². The molecule has 0 unspecified atom stereocenters. The molecule has 0 saturated heterocycles. The van der Waals surface area contributed by atoms with Crippen LogP contribution in [0.25, 0.3) is 0 Å². The van der Waals surface area contributed by atoms with Gasteiger partial charge in [0.1, 0.15) is 11.5 Å². The van der Waals surface area contributed by atoms with Crippen LogP contribution in [0.4, 0.5) is 5.69 Å². The Morgan fingerprint density at radius 2 is 1.30 bits per heavy atom. The lowest BCUT2D eigenvalue weighted by molar-refractivity contribution is 0.0694. The summed E-state index contributed by atoms with van der Waals surface area (Å²) < 4.78 is 11.3. The SMILES string of the molecule is CCCCCCCCCCOc1ccc(C(=O)Oc2ccc(N=Cc3ccc(C(=O)O)cc3)cc2)cc1. The van der Waals surface area contributed by atoms with Gasteiger partial charge in [0.05, 0.1) is 23.4 Å². The molecule has 0 aromatic heterocycles. The number of carbonyl (C=O) groups excluding carboxylic acids is 1. The van der Waals surface area contributed by atoms with Crippen LogP contribution in [0.15, 0.2) is 77.8 Å². The second kappa shape index (κ2) is 15.2. The number of carbonyl (C=O) groups is 2. The van der Waals surface area contributed by atoms with Gasteiger partial charge in [-0.15, -0.1) is 0 Å². The fourth-order valence-corrected chi connectivity index (χ4v) is 3.74. The Morgan fingerprint density at radius 1 is 0.730 bits per heavy atom. The van der Waals surface area contributed by atoms with Gasteiger partial charge in [0.25, 0.3) is 0 Å². The Morgan fingerprint density at radius 3 is 1.92 bits per heavy atom. The van der Waals surface area contributed by atoms with E-state index in [1.54, 1.807) is 66.9 Å². The van der Waals surface area contributed by atoms with E-state index < -0.39 is 11.9 Å². The maximum absolute atomic E-state index is 12.5. The van der Waals surface area contributed by atoms with Crippen molar-refractivity contribution in [3.63, 3.8) is 0 Å². The monoisotopic (exact) mass is 501 g/mol.